The van der Waals surface area contributed by atoms with Gasteiger partial charge in [-0.3, -0.25) is 5.10 Å². The largest absolute Gasteiger partial charge is 0.481 e. The highest BCUT2D eigenvalue weighted by Gasteiger charge is 2.23. The molecule has 0 fully saturated rings. The number of fused-ring (bicyclic) bond motifs is 2. The zero-order valence-electron chi connectivity index (χ0n) is 15.9. The van der Waals surface area contributed by atoms with E-state index in [1.54, 1.807) is 13.3 Å². The number of aromatic amines is 1. The van der Waals surface area contributed by atoms with Gasteiger partial charge in [0.1, 0.15) is 5.69 Å². The molecule has 2 N–H and O–H groups in total. The number of hydrogen-bond acceptors (Lipinski definition) is 5. The number of rotatable bonds is 4. The summed E-state index contributed by atoms with van der Waals surface area (Å²) in [5.74, 6) is 0.562. The minimum absolute atomic E-state index is 0.242. The normalized spacial score (nSPS) is 15.1. The van der Waals surface area contributed by atoms with Crippen molar-refractivity contribution in [2.24, 2.45) is 0 Å². The van der Waals surface area contributed by atoms with E-state index < -0.39 is 0 Å². The number of pyridine rings is 1. The molecule has 142 valence electrons. The standard InChI is InChI=1S/C23H19N5O/c1-29-22-11-16(8-9-25-22)23-19-12-17(4-7-21(19)27-28-23)26-20-6-3-15-10-14(13-24)2-5-18(15)20/h2,4-5,7-12,20,26H,3,6H2,1H3,(H,27,28)/t20-/m1/s1. The van der Waals surface area contributed by atoms with E-state index in [1.807, 2.05) is 30.3 Å². The Morgan fingerprint density at radius 2 is 2.10 bits per heavy atom. The highest BCUT2D eigenvalue weighted by molar-refractivity contribution is 5.95. The molecule has 2 aromatic heterocycles. The lowest BCUT2D eigenvalue weighted by molar-refractivity contribution is 0.398. The van der Waals surface area contributed by atoms with Gasteiger partial charge in [0.25, 0.3) is 0 Å². The van der Waals surface area contributed by atoms with Gasteiger partial charge in [0.2, 0.25) is 5.88 Å². The Labute approximate surface area is 168 Å². The van der Waals surface area contributed by atoms with Crippen LogP contribution < -0.4 is 10.1 Å². The number of benzene rings is 2. The molecule has 1 atom stereocenters. The van der Waals surface area contributed by atoms with Crippen LogP contribution in [0.5, 0.6) is 5.88 Å². The molecule has 0 spiro atoms. The minimum atomic E-state index is 0.242. The van der Waals surface area contributed by atoms with Gasteiger partial charge in [-0.25, -0.2) is 4.98 Å². The highest BCUT2D eigenvalue weighted by Crippen LogP contribution is 2.36. The van der Waals surface area contributed by atoms with Gasteiger partial charge < -0.3 is 10.1 Å². The van der Waals surface area contributed by atoms with Crippen LogP contribution >= 0.6 is 0 Å². The number of methoxy groups -OCH3 is 1. The second-order valence-corrected chi connectivity index (χ2v) is 7.18. The fourth-order valence-electron chi connectivity index (χ4n) is 4.03. The molecule has 0 saturated heterocycles. The molecule has 1 aliphatic carbocycles. The Bertz CT molecular complexity index is 1250. The summed E-state index contributed by atoms with van der Waals surface area (Å²) in [5, 5.41) is 21.4. The van der Waals surface area contributed by atoms with Gasteiger partial charge in [0.05, 0.1) is 30.3 Å². The number of anilines is 1. The van der Waals surface area contributed by atoms with Gasteiger partial charge in [0.15, 0.2) is 0 Å². The summed E-state index contributed by atoms with van der Waals surface area (Å²) < 4.78 is 5.25. The van der Waals surface area contributed by atoms with Gasteiger partial charge >= 0.3 is 0 Å². The van der Waals surface area contributed by atoms with Crippen molar-refractivity contribution in [2.45, 2.75) is 18.9 Å². The Kier molecular flexibility index (Phi) is 4.14. The van der Waals surface area contributed by atoms with Crippen LogP contribution in [0.15, 0.2) is 54.7 Å². The summed E-state index contributed by atoms with van der Waals surface area (Å²) in [7, 11) is 1.61. The first kappa shape index (κ1) is 17.3. The fourth-order valence-corrected chi connectivity index (χ4v) is 4.03. The Hall–Kier alpha value is -3.85. The first-order chi connectivity index (χ1) is 14.2. The van der Waals surface area contributed by atoms with Crippen molar-refractivity contribution in [2.75, 3.05) is 12.4 Å². The molecule has 0 bridgehead atoms. The van der Waals surface area contributed by atoms with Crippen molar-refractivity contribution in [3.05, 3.63) is 71.4 Å². The van der Waals surface area contributed by atoms with E-state index in [0.29, 0.717) is 5.88 Å². The zero-order valence-corrected chi connectivity index (χ0v) is 15.9. The van der Waals surface area contributed by atoms with E-state index >= 15 is 0 Å². The molecule has 4 aromatic rings. The molecule has 1 aliphatic rings. The number of hydrogen-bond donors (Lipinski definition) is 2. The lowest BCUT2D eigenvalue weighted by Crippen LogP contribution is -2.06. The summed E-state index contributed by atoms with van der Waals surface area (Å²) in [6.45, 7) is 0. The van der Waals surface area contributed by atoms with Crippen molar-refractivity contribution in [3.8, 4) is 23.2 Å². The van der Waals surface area contributed by atoms with Crippen molar-refractivity contribution < 1.29 is 4.74 Å². The lowest BCUT2D eigenvalue weighted by Gasteiger charge is -2.16. The third-order valence-electron chi connectivity index (χ3n) is 5.47. The van der Waals surface area contributed by atoms with Crippen LogP contribution in [0.1, 0.15) is 29.2 Å². The van der Waals surface area contributed by atoms with Gasteiger partial charge in [-0.15, -0.1) is 0 Å². The number of aromatic nitrogens is 3. The Morgan fingerprint density at radius 3 is 2.97 bits per heavy atom. The summed E-state index contributed by atoms with van der Waals surface area (Å²) in [6.07, 6.45) is 3.72. The van der Waals surface area contributed by atoms with E-state index in [9.17, 15) is 0 Å². The quantitative estimate of drug-likeness (QED) is 0.539. The number of aryl methyl sites for hydroxylation is 1. The van der Waals surface area contributed by atoms with Crippen molar-refractivity contribution in [1.29, 1.82) is 5.26 Å². The molecule has 0 unspecified atom stereocenters. The molecular weight excluding hydrogens is 362 g/mol. The molecule has 0 saturated carbocycles. The van der Waals surface area contributed by atoms with Crippen molar-refractivity contribution in [3.63, 3.8) is 0 Å². The highest BCUT2D eigenvalue weighted by atomic mass is 16.5. The smallest absolute Gasteiger partial charge is 0.213 e. The third kappa shape index (κ3) is 3.07. The predicted octanol–water partition coefficient (Wildman–Crippen LogP) is 4.60. The van der Waals surface area contributed by atoms with Crippen LogP contribution in [-0.2, 0) is 6.42 Å². The summed E-state index contributed by atoms with van der Waals surface area (Å²) >= 11 is 0. The van der Waals surface area contributed by atoms with Crippen LogP contribution in [0, 0.1) is 11.3 Å². The molecule has 0 amide bonds. The summed E-state index contributed by atoms with van der Waals surface area (Å²) in [6, 6.07) is 18.5. The number of nitriles is 1. The minimum Gasteiger partial charge on any atom is -0.481 e. The Balaban J connectivity index is 1.48. The summed E-state index contributed by atoms with van der Waals surface area (Å²) in [4.78, 5) is 4.17. The molecule has 6 heteroatoms. The fraction of sp³-hybridized carbons (Fsp3) is 0.174. The van der Waals surface area contributed by atoms with Crippen LogP contribution in [0.4, 0.5) is 5.69 Å². The molecule has 29 heavy (non-hydrogen) atoms. The Morgan fingerprint density at radius 1 is 1.17 bits per heavy atom. The van der Waals surface area contributed by atoms with E-state index in [2.05, 4.69) is 44.8 Å². The summed E-state index contributed by atoms with van der Waals surface area (Å²) in [5.41, 5.74) is 7.10. The van der Waals surface area contributed by atoms with E-state index in [4.69, 9.17) is 10.00 Å². The van der Waals surface area contributed by atoms with Gasteiger partial charge in [0, 0.05) is 28.9 Å². The molecule has 2 aromatic carbocycles. The first-order valence-electron chi connectivity index (χ1n) is 9.53. The van der Waals surface area contributed by atoms with Crippen LogP contribution in [-0.4, -0.2) is 22.3 Å². The molecule has 0 aliphatic heterocycles. The number of ether oxygens (including phenoxy) is 1. The van der Waals surface area contributed by atoms with Gasteiger partial charge in [-0.2, -0.15) is 10.4 Å². The first-order valence-corrected chi connectivity index (χ1v) is 9.53. The zero-order chi connectivity index (χ0) is 19.8. The number of nitrogens with zero attached hydrogens (tertiary/aromatic N) is 3. The number of nitrogens with one attached hydrogen (secondary N) is 2. The van der Waals surface area contributed by atoms with Crippen molar-refractivity contribution in [1.82, 2.24) is 15.2 Å². The van der Waals surface area contributed by atoms with E-state index in [-0.39, 0.29) is 6.04 Å². The van der Waals surface area contributed by atoms with E-state index in [0.717, 1.165) is 46.3 Å². The maximum atomic E-state index is 9.12. The topological polar surface area (TPSA) is 86.6 Å². The van der Waals surface area contributed by atoms with E-state index in [1.165, 1.54) is 11.1 Å². The molecule has 6 nitrogen and oxygen atoms in total. The molecular formula is C23H19N5O. The molecule has 2 heterocycles. The maximum Gasteiger partial charge on any atom is 0.213 e. The predicted molar refractivity (Wildman–Crippen MR) is 112 cm³/mol. The average Bonchev–Trinajstić information content (AvgIpc) is 3.37. The van der Waals surface area contributed by atoms with Gasteiger partial charge in [-0.05, 0) is 60.4 Å². The second-order valence-electron chi connectivity index (χ2n) is 7.18. The average molecular weight is 381 g/mol. The van der Waals surface area contributed by atoms with Crippen LogP contribution in [0.3, 0.4) is 0 Å². The lowest BCUT2D eigenvalue weighted by atomic mass is 10.0. The number of H-pyrrole nitrogens is 1. The molecule has 5 rings (SSSR count). The monoisotopic (exact) mass is 381 g/mol. The van der Waals surface area contributed by atoms with Crippen molar-refractivity contribution >= 4 is 16.6 Å². The van der Waals surface area contributed by atoms with Crippen LogP contribution in [0.25, 0.3) is 22.2 Å². The third-order valence-corrected chi connectivity index (χ3v) is 5.47. The van der Waals surface area contributed by atoms with Gasteiger partial charge in [-0.1, -0.05) is 6.07 Å². The maximum absolute atomic E-state index is 9.12. The molecule has 0 radical (unpaired) electrons. The van der Waals surface area contributed by atoms with Crippen LogP contribution in [0.2, 0.25) is 0 Å². The SMILES string of the molecule is COc1cc(-c2n[nH]c3ccc(N[C@@H]4CCc5cc(C#N)ccc54)cc23)ccn1. The second kappa shape index (κ2) is 6.95.